The lowest BCUT2D eigenvalue weighted by atomic mass is 10.1. The molecule has 0 bridgehead atoms. The molecule has 2 aromatic carbocycles. The zero-order valence-electron chi connectivity index (χ0n) is 18.5. The van der Waals surface area contributed by atoms with E-state index in [0.29, 0.717) is 27.9 Å². The lowest BCUT2D eigenvalue weighted by Crippen LogP contribution is -2.12. The van der Waals surface area contributed by atoms with Crippen LogP contribution in [-0.2, 0) is 0 Å². The molecule has 1 amide bonds. The van der Waals surface area contributed by atoms with Gasteiger partial charge in [-0.2, -0.15) is 5.26 Å². The van der Waals surface area contributed by atoms with E-state index in [-0.39, 0.29) is 34.0 Å². The van der Waals surface area contributed by atoms with E-state index in [0.717, 1.165) is 11.1 Å². The first kappa shape index (κ1) is 21.8. The standard InChI is InChI=1S/C26H20N2O5/c1-13-9-14(2)24-19(10-13)21(30)11-22(33-24)17-5-7-18(8-6-17)25(31)28-26-20(12-27)23(15(3)29)16(4)32-26/h5-11H,1-4H3,(H,28,31). The summed E-state index contributed by atoms with van der Waals surface area (Å²) in [5, 5.41) is 12.5. The van der Waals surface area contributed by atoms with Gasteiger partial charge in [0.2, 0.25) is 5.88 Å². The van der Waals surface area contributed by atoms with Crippen LogP contribution < -0.4 is 10.7 Å². The van der Waals surface area contributed by atoms with Crippen LogP contribution in [0.4, 0.5) is 5.88 Å². The number of aryl methyl sites for hydroxylation is 3. The Morgan fingerprint density at radius 1 is 1.00 bits per heavy atom. The number of fused-ring (bicyclic) bond motifs is 1. The van der Waals surface area contributed by atoms with Crippen molar-refractivity contribution in [3.05, 3.63) is 86.3 Å². The predicted octanol–water partition coefficient (Wildman–Crippen LogP) is 5.30. The molecule has 4 rings (SSSR count). The number of nitrogens with one attached hydrogen (secondary N) is 1. The second-order valence-corrected chi connectivity index (χ2v) is 7.87. The topological polar surface area (TPSA) is 113 Å². The average molecular weight is 440 g/mol. The number of amides is 1. The van der Waals surface area contributed by atoms with Crippen molar-refractivity contribution >= 4 is 28.5 Å². The van der Waals surface area contributed by atoms with Gasteiger partial charge in [-0.1, -0.05) is 18.2 Å². The van der Waals surface area contributed by atoms with Crippen LogP contribution in [0.25, 0.3) is 22.3 Å². The minimum Gasteiger partial charge on any atom is -0.456 e. The Hall–Kier alpha value is -4.44. The van der Waals surface area contributed by atoms with Crippen LogP contribution >= 0.6 is 0 Å². The fourth-order valence-electron chi connectivity index (χ4n) is 3.88. The molecule has 7 heteroatoms. The number of Topliss-reactive ketones (excluding diaryl/α,β-unsaturated/α-hetero) is 1. The van der Waals surface area contributed by atoms with Gasteiger partial charge in [0.15, 0.2) is 11.2 Å². The van der Waals surface area contributed by atoms with Crippen LogP contribution in [0.15, 0.2) is 56.1 Å². The number of nitrogens with zero attached hydrogens (tertiary/aromatic N) is 1. The third-order valence-corrected chi connectivity index (χ3v) is 5.37. The highest BCUT2D eigenvalue weighted by Gasteiger charge is 2.23. The molecule has 164 valence electrons. The van der Waals surface area contributed by atoms with Crippen molar-refractivity contribution in [1.82, 2.24) is 0 Å². The van der Waals surface area contributed by atoms with Gasteiger partial charge in [0, 0.05) is 17.2 Å². The SMILES string of the molecule is CC(=O)c1c(C)oc(NC(=O)c2ccc(-c3cc(=O)c4cc(C)cc(C)c4o3)cc2)c1C#N. The van der Waals surface area contributed by atoms with E-state index < -0.39 is 5.91 Å². The summed E-state index contributed by atoms with van der Waals surface area (Å²) in [7, 11) is 0. The van der Waals surface area contributed by atoms with Crippen molar-refractivity contribution in [1.29, 1.82) is 5.26 Å². The molecule has 0 spiro atoms. The number of hydrogen-bond acceptors (Lipinski definition) is 6. The molecule has 0 atom stereocenters. The molecule has 0 radical (unpaired) electrons. The maximum absolute atomic E-state index is 12.7. The Balaban J connectivity index is 1.64. The molecule has 33 heavy (non-hydrogen) atoms. The Labute approximate surface area is 189 Å². The number of nitriles is 1. The molecule has 0 saturated carbocycles. The number of benzene rings is 2. The molecule has 1 N–H and O–H groups in total. The minimum absolute atomic E-state index is 0.00600. The maximum Gasteiger partial charge on any atom is 0.258 e. The molecule has 0 saturated heterocycles. The Morgan fingerprint density at radius 2 is 1.70 bits per heavy atom. The summed E-state index contributed by atoms with van der Waals surface area (Å²) in [5.41, 5.74) is 3.33. The first-order valence-corrected chi connectivity index (χ1v) is 10.2. The van der Waals surface area contributed by atoms with E-state index in [9.17, 15) is 19.6 Å². The molecule has 0 unspecified atom stereocenters. The highest BCUT2D eigenvalue weighted by Crippen LogP contribution is 2.28. The van der Waals surface area contributed by atoms with Gasteiger partial charge in [-0.05, 0) is 57.0 Å². The fraction of sp³-hybridized carbons (Fsp3) is 0.154. The van der Waals surface area contributed by atoms with Gasteiger partial charge in [-0.3, -0.25) is 19.7 Å². The summed E-state index contributed by atoms with van der Waals surface area (Å²) in [6.07, 6.45) is 0. The van der Waals surface area contributed by atoms with E-state index in [1.54, 1.807) is 37.3 Å². The van der Waals surface area contributed by atoms with E-state index in [4.69, 9.17) is 8.83 Å². The van der Waals surface area contributed by atoms with Gasteiger partial charge in [-0.15, -0.1) is 0 Å². The van der Waals surface area contributed by atoms with Gasteiger partial charge in [-0.25, -0.2) is 0 Å². The second-order valence-electron chi connectivity index (χ2n) is 7.87. The summed E-state index contributed by atoms with van der Waals surface area (Å²) in [6, 6.07) is 13.6. The third-order valence-electron chi connectivity index (χ3n) is 5.37. The molecule has 2 heterocycles. The monoisotopic (exact) mass is 440 g/mol. The lowest BCUT2D eigenvalue weighted by Gasteiger charge is -2.08. The summed E-state index contributed by atoms with van der Waals surface area (Å²) in [4.78, 5) is 37.1. The van der Waals surface area contributed by atoms with Gasteiger partial charge < -0.3 is 8.83 Å². The summed E-state index contributed by atoms with van der Waals surface area (Å²) < 4.78 is 11.4. The van der Waals surface area contributed by atoms with Crippen molar-refractivity contribution < 1.29 is 18.4 Å². The van der Waals surface area contributed by atoms with Crippen LogP contribution in [0.3, 0.4) is 0 Å². The molecule has 2 aromatic heterocycles. The van der Waals surface area contributed by atoms with Gasteiger partial charge in [0.1, 0.15) is 28.7 Å². The van der Waals surface area contributed by atoms with Crippen LogP contribution in [0.5, 0.6) is 0 Å². The van der Waals surface area contributed by atoms with Gasteiger partial charge >= 0.3 is 0 Å². The number of furan rings is 1. The van der Waals surface area contributed by atoms with Crippen molar-refractivity contribution in [2.45, 2.75) is 27.7 Å². The summed E-state index contributed by atoms with van der Waals surface area (Å²) >= 11 is 0. The van der Waals surface area contributed by atoms with E-state index in [1.165, 1.54) is 13.0 Å². The molecule has 4 aromatic rings. The Kier molecular flexibility index (Phi) is 5.44. The Morgan fingerprint density at radius 3 is 2.33 bits per heavy atom. The van der Waals surface area contributed by atoms with E-state index in [2.05, 4.69) is 5.32 Å². The van der Waals surface area contributed by atoms with E-state index >= 15 is 0 Å². The van der Waals surface area contributed by atoms with Crippen molar-refractivity contribution in [2.75, 3.05) is 5.32 Å². The highest BCUT2D eigenvalue weighted by atomic mass is 16.4. The third kappa shape index (κ3) is 3.94. The average Bonchev–Trinajstić information content (AvgIpc) is 3.09. The molecule has 0 aliphatic carbocycles. The van der Waals surface area contributed by atoms with Gasteiger partial charge in [0.05, 0.1) is 10.9 Å². The maximum atomic E-state index is 12.7. The van der Waals surface area contributed by atoms with Crippen LogP contribution in [0.1, 0.15) is 50.1 Å². The number of anilines is 1. The number of hydrogen-bond donors (Lipinski definition) is 1. The van der Waals surface area contributed by atoms with Crippen LogP contribution in [-0.4, -0.2) is 11.7 Å². The Bertz CT molecular complexity index is 1530. The van der Waals surface area contributed by atoms with Crippen molar-refractivity contribution in [3.8, 4) is 17.4 Å². The lowest BCUT2D eigenvalue weighted by molar-refractivity contribution is 0.101. The smallest absolute Gasteiger partial charge is 0.258 e. The zero-order chi connectivity index (χ0) is 23.9. The zero-order valence-corrected chi connectivity index (χ0v) is 18.5. The van der Waals surface area contributed by atoms with Crippen molar-refractivity contribution in [2.24, 2.45) is 0 Å². The van der Waals surface area contributed by atoms with Crippen LogP contribution in [0.2, 0.25) is 0 Å². The first-order chi connectivity index (χ1) is 15.7. The molecule has 0 fully saturated rings. The molecular weight excluding hydrogens is 420 g/mol. The molecule has 0 aliphatic heterocycles. The molecular formula is C26H20N2O5. The highest BCUT2D eigenvalue weighted by molar-refractivity contribution is 6.06. The normalized spacial score (nSPS) is 10.8. The van der Waals surface area contributed by atoms with Gasteiger partial charge in [0.25, 0.3) is 5.91 Å². The summed E-state index contributed by atoms with van der Waals surface area (Å²) in [6.45, 7) is 6.70. The number of ketones is 1. The largest absolute Gasteiger partial charge is 0.456 e. The first-order valence-electron chi connectivity index (χ1n) is 10.2. The molecule has 0 aliphatic rings. The minimum atomic E-state index is -0.506. The number of carbonyl (C=O) groups excluding carboxylic acids is 2. The second kappa shape index (κ2) is 8.24. The number of carbonyl (C=O) groups is 2. The van der Waals surface area contributed by atoms with Crippen LogP contribution in [0, 0.1) is 32.1 Å². The quantitative estimate of drug-likeness (QED) is 0.431. The fourth-order valence-corrected chi connectivity index (χ4v) is 3.88. The molecule has 7 nitrogen and oxygen atoms in total. The van der Waals surface area contributed by atoms with E-state index in [1.807, 2.05) is 26.0 Å². The number of rotatable bonds is 4. The predicted molar refractivity (Wildman–Crippen MR) is 124 cm³/mol. The summed E-state index contributed by atoms with van der Waals surface area (Å²) in [5.74, 6) is -0.235. The van der Waals surface area contributed by atoms with Crippen molar-refractivity contribution in [3.63, 3.8) is 0 Å².